The van der Waals surface area contributed by atoms with E-state index < -0.39 is 0 Å². The van der Waals surface area contributed by atoms with E-state index in [1.165, 1.54) is 0 Å². The number of aryl methyl sites for hydroxylation is 1. The molecule has 0 bridgehead atoms. The van der Waals surface area contributed by atoms with Crippen molar-refractivity contribution in [3.63, 3.8) is 0 Å². The molecular weight excluding hydrogens is 213 g/mol. The fraction of sp³-hybridized carbons (Fsp3) is 0.267. The molecule has 0 amide bonds. The predicted molar refractivity (Wildman–Crippen MR) is 68.5 cm³/mol. The normalized spacial score (nSPS) is 10.9. The van der Waals surface area contributed by atoms with E-state index in [9.17, 15) is 4.39 Å². The molecule has 1 heterocycles. The van der Waals surface area contributed by atoms with Crippen molar-refractivity contribution in [3.05, 3.63) is 53.6 Å². The summed E-state index contributed by atoms with van der Waals surface area (Å²) in [4.78, 5) is 4.09. The fourth-order valence-corrected chi connectivity index (χ4v) is 1.92. The first kappa shape index (κ1) is 11.8. The summed E-state index contributed by atoms with van der Waals surface area (Å²) in [6.45, 7) is 5.82. The second-order valence-electron chi connectivity index (χ2n) is 4.59. The molecule has 0 atom stereocenters. The maximum absolute atomic E-state index is 13.9. The molecule has 2 heteroatoms. The zero-order valence-electron chi connectivity index (χ0n) is 10.4. The van der Waals surface area contributed by atoms with Crippen molar-refractivity contribution in [2.75, 3.05) is 0 Å². The third kappa shape index (κ3) is 2.36. The van der Waals surface area contributed by atoms with Gasteiger partial charge in [-0.25, -0.2) is 4.39 Å². The number of hydrogen-bond acceptors (Lipinski definition) is 1. The van der Waals surface area contributed by atoms with Crippen LogP contribution >= 0.6 is 0 Å². The molecule has 88 valence electrons. The molecule has 0 aliphatic rings. The summed E-state index contributed by atoms with van der Waals surface area (Å²) >= 11 is 0. The third-order valence-electron chi connectivity index (χ3n) is 2.90. The molecule has 1 aromatic carbocycles. The van der Waals surface area contributed by atoms with Gasteiger partial charge in [0.1, 0.15) is 5.82 Å². The fourth-order valence-electron chi connectivity index (χ4n) is 1.92. The van der Waals surface area contributed by atoms with Gasteiger partial charge in [-0.05, 0) is 47.7 Å². The van der Waals surface area contributed by atoms with E-state index in [0.717, 1.165) is 16.7 Å². The molecule has 0 saturated heterocycles. The molecule has 0 spiro atoms. The van der Waals surface area contributed by atoms with Gasteiger partial charge in [0.2, 0.25) is 0 Å². The first-order valence-electron chi connectivity index (χ1n) is 5.80. The molecule has 1 nitrogen and oxygen atoms in total. The van der Waals surface area contributed by atoms with Gasteiger partial charge in [0.25, 0.3) is 0 Å². The van der Waals surface area contributed by atoms with Crippen molar-refractivity contribution in [1.29, 1.82) is 0 Å². The average molecular weight is 229 g/mol. The van der Waals surface area contributed by atoms with E-state index in [1.807, 2.05) is 38.1 Å². The smallest absolute Gasteiger partial charge is 0.129 e. The summed E-state index contributed by atoms with van der Waals surface area (Å²) in [6, 6.07) is 7.68. The predicted octanol–water partition coefficient (Wildman–Crippen LogP) is 4.32. The van der Waals surface area contributed by atoms with Crippen LogP contribution in [0, 0.1) is 12.7 Å². The second kappa shape index (κ2) is 4.66. The SMILES string of the molecule is Cc1cc(-c2cccnc2)cc(C(C)C)c1F. The lowest BCUT2D eigenvalue weighted by Crippen LogP contribution is -1.97. The lowest BCUT2D eigenvalue weighted by molar-refractivity contribution is 0.590. The molecule has 0 N–H and O–H groups in total. The maximum Gasteiger partial charge on any atom is 0.129 e. The van der Waals surface area contributed by atoms with Gasteiger partial charge in [-0.1, -0.05) is 19.9 Å². The molecule has 0 radical (unpaired) electrons. The molecule has 0 unspecified atom stereocenters. The monoisotopic (exact) mass is 229 g/mol. The number of pyridine rings is 1. The van der Waals surface area contributed by atoms with Crippen LogP contribution in [0.15, 0.2) is 36.7 Å². The first-order valence-corrected chi connectivity index (χ1v) is 5.80. The Hall–Kier alpha value is -1.70. The minimum absolute atomic E-state index is 0.0901. The number of hydrogen-bond donors (Lipinski definition) is 0. The Morgan fingerprint density at radius 3 is 2.53 bits per heavy atom. The van der Waals surface area contributed by atoms with Gasteiger partial charge in [-0.2, -0.15) is 0 Å². The maximum atomic E-state index is 13.9. The Morgan fingerprint density at radius 2 is 1.94 bits per heavy atom. The van der Waals surface area contributed by atoms with Crippen LogP contribution < -0.4 is 0 Å². The summed E-state index contributed by atoms with van der Waals surface area (Å²) < 4.78 is 13.9. The van der Waals surface area contributed by atoms with Crippen LogP contribution in [-0.4, -0.2) is 4.98 Å². The summed E-state index contributed by atoms with van der Waals surface area (Å²) in [5, 5.41) is 0. The van der Waals surface area contributed by atoms with E-state index in [1.54, 1.807) is 19.3 Å². The standard InChI is InChI=1S/C15H16FN/c1-10(2)14-8-13(7-11(3)15(14)16)12-5-4-6-17-9-12/h4-10H,1-3H3. The number of aromatic nitrogens is 1. The van der Waals surface area contributed by atoms with E-state index in [2.05, 4.69) is 4.98 Å². The number of halogens is 1. The van der Waals surface area contributed by atoms with Crippen molar-refractivity contribution in [1.82, 2.24) is 4.98 Å². The summed E-state index contributed by atoms with van der Waals surface area (Å²) in [5.74, 6) is 0.0953. The van der Waals surface area contributed by atoms with E-state index in [4.69, 9.17) is 0 Å². The van der Waals surface area contributed by atoms with Crippen molar-refractivity contribution in [2.45, 2.75) is 26.7 Å². The summed E-state index contributed by atoms with van der Waals surface area (Å²) in [5.41, 5.74) is 3.51. The zero-order valence-corrected chi connectivity index (χ0v) is 10.4. The van der Waals surface area contributed by atoms with Gasteiger partial charge in [0, 0.05) is 18.0 Å². The van der Waals surface area contributed by atoms with Crippen molar-refractivity contribution in [2.24, 2.45) is 0 Å². The van der Waals surface area contributed by atoms with E-state index in [0.29, 0.717) is 5.56 Å². The summed E-state index contributed by atoms with van der Waals surface area (Å²) in [7, 11) is 0. The minimum Gasteiger partial charge on any atom is -0.264 e. The Balaban J connectivity index is 2.57. The Labute approximate surface area is 101 Å². The quantitative estimate of drug-likeness (QED) is 0.747. The highest BCUT2D eigenvalue weighted by Gasteiger charge is 2.11. The lowest BCUT2D eigenvalue weighted by atomic mass is 9.95. The highest BCUT2D eigenvalue weighted by molar-refractivity contribution is 5.64. The minimum atomic E-state index is -0.0901. The molecule has 17 heavy (non-hydrogen) atoms. The average Bonchev–Trinajstić information content (AvgIpc) is 2.33. The van der Waals surface area contributed by atoms with Crippen molar-refractivity contribution in [3.8, 4) is 11.1 Å². The Kier molecular flexibility index (Phi) is 3.23. The number of benzene rings is 1. The molecule has 0 saturated carbocycles. The highest BCUT2D eigenvalue weighted by Crippen LogP contribution is 2.28. The van der Waals surface area contributed by atoms with Gasteiger partial charge in [-0.3, -0.25) is 4.98 Å². The third-order valence-corrected chi connectivity index (χ3v) is 2.90. The topological polar surface area (TPSA) is 12.9 Å². The van der Waals surface area contributed by atoms with Gasteiger partial charge in [0.05, 0.1) is 0 Å². The molecule has 2 aromatic rings. The van der Waals surface area contributed by atoms with Gasteiger partial charge >= 0.3 is 0 Å². The molecular formula is C15H16FN. The lowest BCUT2D eigenvalue weighted by Gasteiger charge is -2.12. The van der Waals surface area contributed by atoms with Crippen LogP contribution in [0.5, 0.6) is 0 Å². The molecule has 2 rings (SSSR count). The number of nitrogens with zero attached hydrogens (tertiary/aromatic N) is 1. The van der Waals surface area contributed by atoms with Gasteiger partial charge < -0.3 is 0 Å². The zero-order chi connectivity index (χ0) is 12.4. The summed E-state index contributed by atoms with van der Waals surface area (Å²) in [6.07, 6.45) is 3.54. The first-order chi connectivity index (χ1) is 8.09. The van der Waals surface area contributed by atoms with Crippen molar-refractivity contribution >= 4 is 0 Å². The van der Waals surface area contributed by atoms with Gasteiger partial charge in [0.15, 0.2) is 0 Å². The van der Waals surface area contributed by atoms with Gasteiger partial charge in [-0.15, -0.1) is 0 Å². The van der Waals surface area contributed by atoms with Crippen LogP contribution in [0.4, 0.5) is 4.39 Å². The van der Waals surface area contributed by atoms with Crippen molar-refractivity contribution < 1.29 is 4.39 Å². The molecule has 0 aliphatic heterocycles. The highest BCUT2D eigenvalue weighted by atomic mass is 19.1. The Morgan fingerprint density at radius 1 is 1.18 bits per heavy atom. The van der Waals surface area contributed by atoms with Crippen LogP contribution in [0.25, 0.3) is 11.1 Å². The second-order valence-corrected chi connectivity index (χ2v) is 4.59. The van der Waals surface area contributed by atoms with Crippen LogP contribution in [0.1, 0.15) is 30.9 Å². The molecule has 1 aromatic heterocycles. The van der Waals surface area contributed by atoms with Crippen LogP contribution in [0.2, 0.25) is 0 Å². The van der Waals surface area contributed by atoms with Crippen LogP contribution in [0.3, 0.4) is 0 Å². The number of rotatable bonds is 2. The van der Waals surface area contributed by atoms with E-state index >= 15 is 0 Å². The Bertz CT molecular complexity index is 518. The molecule has 0 aliphatic carbocycles. The largest absolute Gasteiger partial charge is 0.264 e. The van der Waals surface area contributed by atoms with E-state index in [-0.39, 0.29) is 11.7 Å². The van der Waals surface area contributed by atoms with Crippen LogP contribution in [-0.2, 0) is 0 Å². The molecule has 0 fully saturated rings.